The number of nitrogens with zero attached hydrogens (tertiary/aromatic N) is 2. The molecule has 1 aromatic carbocycles. The van der Waals surface area contributed by atoms with Crippen molar-refractivity contribution < 1.29 is 0 Å². The Morgan fingerprint density at radius 3 is 2.73 bits per heavy atom. The van der Waals surface area contributed by atoms with Gasteiger partial charge in [-0.1, -0.05) is 6.07 Å². The van der Waals surface area contributed by atoms with Crippen molar-refractivity contribution in [3.63, 3.8) is 0 Å². The molecular formula is C11H14N4. The fourth-order valence-electron chi connectivity index (χ4n) is 1.83. The number of piperazine rings is 1. The van der Waals surface area contributed by atoms with Gasteiger partial charge in [0.25, 0.3) is 0 Å². The lowest BCUT2D eigenvalue weighted by Gasteiger charge is -2.30. The number of hydrogen-bond donors (Lipinski definition) is 2. The third kappa shape index (κ3) is 1.88. The molecule has 1 aromatic rings. The molecule has 0 bridgehead atoms. The van der Waals surface area contributed by atoms with E-state index in [1.54, 1.807) is 6.07 Å². The molecule has 1 fully saturated rings. The van der Waals surface area contributed by atoms with Gasteiger partial charge < -0.3 is 16.0 Å². The van der Waals surface area contributed by atoms with Gasteiger partial charge >= 0.3 is 0 Å². The quantitative estimate of drug-likeness (QED) is 0.653. The van der Waals surface area contributed by atoms with Crippen molar-refractivity contribution >= 4 is 11.4 Å². The highest BCUT2D eigenvalue weighted by Gasteiger charge is 2.14. The molecule has 1 heterocycles. The molecule has 0 saturated carbocycles. The number of hydrogen-bond acceptors (Lipinski definition) is 4. The number of para-hydroxylation sites is 1. The molecule has 0 spiro atoms. The standard InChI is InChI=1S/C11H14N4/c12-8-9-2-1-3-10(11(9)13)15-6-4-14-5-7-15/h1-3,14H,4-7,13H2. The molecular weight excluding hydrogens is 188 g/mol. The Balaban J connectivity index is 2.31. The molecule has 1 saturated heterocycles. The summed E-state index contributed by atoms with van der Waals surface area (Å²) in [5, 5.41) is 12.2. The minimum atomic E-state index is 0.561. The molecule has 0 amide bonds. The molecule has 0 aliphatic carbocycles. The van der Waals surface area contributed by atoms with Gasteiger partial charge in [-0.05, 0) is 12.1 Å². The van der Waals surface area contributed by atoms with Crippen molar-refractivity contribution in [3.05, 3.63) is 23.8 Å². The Labute approximate surface area is 89.3 Å². The first-order valence-corrected chi connectivity index (χ1v) is 5.07. The van der Waals surface area contributed by atoms with E-state index < -0.39 is 0 Å². The molecule has 4 heteroatoms. The number of anilines is 2. The van der Waals surface area contributed by atoms with Gasteiger partial charge in [0.05, 0.1) is 16.9 Å². The molecule has 1 aliphatic rings. The van der Waals surface area contributed by atoms with Gasteiger partial charge in [0.2, 0.25) is 0 Å². The van der Waals surface area contributed by atoms with Gasteiger partial charge in [-0.15, -0.1) is 0 Å². The average molecular weight is 202 g/mol. The molecule has 2 rings (SSSR count). The van der Waals surface area contributed by atoms with Gasteiger partial charge in [-0.2, -0.15) is 5.26 Å². The molecule has 0 atom stereocenters. The zero-order valence-corrected chi connectivity index (χ0v) is 8.53. The summed E-state index contributed by atoms with van der Waals surface area (Å²) in [6.45, 7) is 3.82. The van der Waals surface area contributed by atoms with Crippen molar-refractivity contribution in [1.29, 1.82) is 5.26 Å². The van der Waals surface area contributed by atoms with Crippen LogP contribution in [0, 0.1) is 11.3 Å². The second-order valence-electron chi connectivity index (χ2n) is 3.59. The van der Waals surface area contributed by atoms with E-state index in [1.807, 2.05) is 12.1 Å². The fourth-order valence-corrected chi connectivity index (χ4v) is 1.83. The van der Waals surface area contributed by atoms with Crippen LogP contribution >= 0.6 is 0 Å². The SMILES string of the molecule is N#Cc1cccc(N2CCNCC2)c1N. The molecule has 78 valence electrons. The van der Waals surface area contributed by atoms with Crippen LogP contribution in [-0.2, 0) is 0 Å². The van der Waals surface area contributed by atoms with E-state index in [0.29, 0.717) is 11.3 Å². The molecule has 1 aliphatic heterocycles. The maximum absolute atomic E-state index is 8.88. The third-order valence-electron chi connectivity index (χ3n) is 2.66. The normalized spacial score (nSPS) is 16.1. The summed E-state index contributed by atoms with van der Waals surface area (Å²) in [4.78, 5) is 2.21. The molecule has 3 N–H and O–H groups in total. The highest BCUT2D eigenvalue weighted by Crippen LogP contribution is 2.26. The number of nitriles is 1. The third-order valence-corrected chi connectivity index (χ3v) is 2.66. The Morgan fingerprint density at radius 2 is 2.07 bits per heavy atom. The predicted molar refractivity (Wildman–Crippen MR) is 60.7 cm³/mol. The van der Waals surface area contributed by atoms with Gasteiger partial charge in [0, 0.05) is 26.2 Å². The summed E-state index contributed by atoms with van der Waals surface area (Å²) in [6, 6.07) is 7.71. The van der Waals surface area contributed by atoms with Crippen LogP contribution in [0.25, 0.3) is 0 Å². The van der Waals surface area contributed by atoms with Gasteiger partial charge in [0.15, 0.2) is 0 Å². The number of rotatable bonds is 1. The number of nitrogens with two attached hydrogens (primary N) is 1. The number of benzene rings is 1. The lowest BCUT2D eigenvalue weighted by Crippen LogP contribution is -2.43. The molecule has 0 aromatic heterocycles. The summed E-state index contributed by atoms with van der Waals surface area (Å²) in [5.41, 5.74) is 8.08. The van der Waals surface area contributed by atoms with E-state index in [4.69, 9.17) is 11.0 Å². The van der Waals surface area contributed by atoms with Crippen molar-refractivity contribution in [2.75, 3.05) is 36.8 Å². The lowest BCUT2D eigenvalue weighted by molar-refractivity contribution is 0.589. The first-order valence-electron chi connectivity index (χ1n) is 5.07. The zero-order chi connectivity index (χ0) is 10.7. The van der Waals surface area contributed by atoms with Crippen LogP contribution in [0.15, 0.2) is 18.2 Å². The van der Waals surface area contributed by atoms with E-state index in [2.05, 4.69) is 16.3 Å². The van der Waals surface area contributed by atoms with Crippen LogP contribution in [-0.4, -0.2) is 26.2 Å². The number of nitrogens with one attached hydrogen (secondary N) is 1. The van der Waals surface area contributed by atoms with E-state index in [9.17, 15) is 0 Å². The minimum Gasteiger partial charge on any atom is -0.396 e. The van der Waals surface area contributed by atoms with Crippen molar-refractivity contribution in [2.45, 2.75) is 0 Å². The van der Waals surface area contributed by atoms with Gasteiger partial charge in [0.1, 0.15) is 6.07 Å². The highest BCUT2D eigenvalue weighted by atomic mass is 15.2. The van der Waals surface area contributed by atoms with Crippen LogP contribution < -0.4 is 16.0 Å². The predicted octanol–water partition coefficient (Wildman–Crippen LogP) is 0.550. The molecule has 15 heavy (non-hydrogen) atoms. The topological polar surface area (TPSA) is 65.1 Å². The average Bonchev–Trinajstić information content (AvgIpc) is 2.30. The van der Waals surface area contributed by atoms with Crippen molar-refractivity contribution in [2.24, 2.45) is 0 Å². The minimum absolute atomic E-state index is 0.561. The van der Waals surface area contributed by atoms with Crippen LogP contribution in [0.5, 0.6) is 0 Å². The van der Waals surface area contributed by atoms with Crippen LogP contribution in [0.4, 0.5) is 11.4 Å². The maximum Gasteiger partial charge on any atom is 0.101 e. The first-order chi connectivity index (χ1) is 7.33. The smallest absolute Gasteiger partial charge is 0.101 e. The lowest BCUT2D eigenvalue weighted by atomic mass is 10.1. The second-order valence-corrected chi connectivity index (χ2v) is 3.59. The van der Waals surface area contributed by atoms with Crippen molar-refractivity contribution in [1.82, 2.24) is 5.32 Å². The van der Waals surface area contributed by atoms with E-state index in [-0.39, 0.29) is 0 Å². The molecule has 0 radical (unpaired) electrons. The largest absolute Gasteiger partial charge is 0.396 e. The fraction of sp³-hybridized carbons (Fsp3) is 0.364. The van der Waals surface area contributed by atoms with Crippen LogP contribution in [0.2, 0.25) is 0 Å². The van der Waals surface area contributed by atoms with Crippen LogP contribution in [0.3, 0.4) is 0 Å². The van der Waals surface area contributed by atoms with Crippen LogP contribution in [0.1, 0.15) is 5.56 Å². The molecule has 4 nitrogen and oxygen atoms in total. The Hall–Kier alpha value is -1.73. The first kappa shape index (κ1) is 9.81. The Kier molecular flexibility index (Phi) is 2.75. The second kappa shape index (κ2) is 4.20. The van der Waals surface area contributed by atoms with Crippen molar-refractivity contribution in [3.8, 4) is 6.07 Å². The summed E-state index contributed by atoms with van der Waals surface area (Å²) in [7, 11) is 0. The summed E-state index contributed by atoms with van der Waals surface area (Å²) < 4.78 is 0. The highest BCUT2D eigenvalue weighted by molar-refractivity contribution is 5.74. The van der Waals surface area contributed by atoms with E-state index >= 15 is 0 Å². The summed E-state index contributed by atoms with van der Waals surface area (Å²) in [5.74, 6) is 0. The summed E-state index contributed by atoms with van der Waals surface area (Å²) >= 11 is 0. The zero-order valence-electron chi connectivity index (χ0n) is 8.53. The van der Waals surface area contributed by atoms with Gasteiger partial charge in [-0.3, -0.25) is 0 Å². The van der Waals surface area contributed by atoms with E-state index in [1.165, 1.54) is 0 Å². The molecule has 0 unspecified atom stereocenters. The number of nitrogen functional groups attached to an aromatic ring is 1. The monoisotopic (exact) mass is 202 g/mol. The maximum atomic E-state index is 8.88. The van der Waals surface area contributed by atoms with Gasteiger partial charge in [-0.25, -0.2) is 0 Å². The summed E-state index contributed by atoms with van der Waals surface area (Å²) in [6.07, 6.45) is 0. The Bertz CT molecular complexity index is 388. The van der Waals surface area contributed by atoms with E-state index in [0.717, 1.165) is 31.9 Å². The Morgan fingerprint density at radius 1 is 1.33 bits per heavy atom.